The number of aromatic nitrogens is 5. The molecule has 9 nitrogen and oxygen atoms in total. The molecule has 3 rings (SSSR count). The highest BCUT2D eigenvalue weighted by atomic mass is 16.3. The molecule has 0 aliphatic carbocycles. The van der Waals surface area contributed by atoms with Crippen LogP contribution in [0, 0.1) is 6.92 Å². The Kier molecular flexibility index (Phi) is 3.92. The Morgan fingerprint density at radius 1 is 1.39 bits per heavy atom. The number of furan rings is 1. The smallest absolute Gasteiger partial charge is 0.296 e. The van der Waals surface area contributed by atoms with Gasteiger partial charge in [0.15, 0.2) is 5.52 Å². The molecule has 0 fully saturated rings. The van der Waals surface area contributed by atoms with E-state index in [1.165, 1.54) is 6.26 Å². The number of hydrogen-bond donors (Lipinski definition) is 1. The first-order chi connectivity index (χ1) is 11.1. The molecule has 0 spiro atoms. The molecule has 23 heavy (non-hydrogen) atoms. The Balaban J connectivity index is 1.81. The second-order valence-corrected chi connectivity index (χ2v) is 5.01. The summed E-state index contributed by atoms with van der Waals surface area (Å²) in [6.07, 6.45) is 1.53. The van der Waals surface area contributed by atoms with Crippen LogP contribution < -0.4 is 10.9 Å². The summed E-state index contributed by atoms with van der Waals surface area (Å²) >= 11 is 0. The van der Waals surface area contributed by atoms with Crippen LogP contribution in [0.3, 0.4) is 0 Å². The van der Waals surface area contributed by atoms with Crippen LogP contribution in [0.5, 0.6) is 0 Å². The van der Waals surface area contributed by atoms with Crippen LogP contribution in [-0.2, 0) is 24.4 Å². The van der Waals surface area contributed by atoms with E-state index >= 15 is 0 Å². The van der Waals surface area contributed by atoms with Crippen molar-refractivity contribution in [3.63, 3.8) is 0 Å². The molecule has 0 saturated carbocycles. The maximum absolute atomic E-state index is 12.5. The van der Waals surface area contributed by atoms with Gasteiger partial charge in [-0.3, -0.25) is 14.3 Å². The van der Waals surface area contributed by atoms with Crippen molar-refractivity contribution in [2.75, 3.05) is 0 Å². The Morgan fingerprint density at radius 3 is 2.91 bits per heavy atom. The number of carbonyl (C=O) groups excluding carboxylic acids is 1. The number of nitrogens with one attached hydrogen (secondary N) is 1. The second-order valence-electron chi connectivity index (χ2n) is 5.01. The molecule has 0 aliphatic rings. The largest absolute Gasteiger partial charge is 0.467 e. The highest BCUT2D eigenvalue weighted by molar-refractivity contribution is 5.77. The van der Waals surface area contributed by atoms with Crippen LogP contribution in [0.4, 0.5) is 0 Å². The zero-order valence-corrected chi connectivity index (χ0v) is 12.8. The third-order valence-electron chi connectivity index (χ3n) is 3.42. The fourth-order valence-electron chi connectivity index (χ4n) is 2.29. The van der Waals surface area contributed by atoms with E-state index < -0.39 is 0 Å². The zero-order valence-electron chi connectivity index (χ0n) is 12.8. The number of carbonyl (C=O) groups is 1. The Bertz CT molecular complexity index is 893. The van der Waals surface area contributed by atoms with E-state index in [0.29, 0.717) is 29.0 Å². The van der Waals surface area contributed by atoms with Gasteiger partial charge in [-0.2, -0.15) is 9.78 Å². The first kappa shape index (κ1) is 14.9. The van der Waals surface area contributed by atoms with Gasteiger partial charge in [-0.25, -0.2) is 0 Å². The van der Waals surface area contributed by atoms with Crippen molar-refractivity contribution in [2.24, 2.45) is 0 Å². The number of rotatable bonds is 5. The topological polar surface area (TPSA) is 108 Å². The maximum atomic E-state index is 12.5. The molecule has 120 valence electrons. The lowest BCUT2D eigenvalue weighted by Gasteiger charge is -2.05. The maximum Gasteiger partial charge on any atom is 0.296 e. The summed E-state index contributed by atoms with van der Waals surface area (Å²) in [5.41, 5.74) is 1.08. The number of hydrogen-bond acceptors (Lipinski definition) is 6. The number of aryl methyl sites for hydroxylation is 2. The quantitative estimate of drug-likeness (QED) is 0.721. The Labute approximate surface area is 130 Å². The van der Waals surface area contributed by atoms with Gasteiger partial charge in [-0.1, -0.05) is 5.21 Å². The summed E-state index contributed by atoms with van der Waals surface area (Å²) in [4.78, 5) is 24.4. The van der Waals surface area contributed by atoms with E-state index in [-0.39, 0.29) is 24.6 Å². The third kappa shape index (κ3) is 2.85. The summed E-state index contributed by atoms with van der Waals surface area (Å²) < 4.78 is 7.73. The molecule has 3 aromatic heterocycles. The number of nitrogens with zero attached hydrogens (tertiary/aromatic N) is 5. The first-order valence-electron chi connectivity index (χ1n) is 7.20. The summed E-state index contributed by atoms with van der Waals surface area (Å²) in [5.74, 6) is 0.281. The van der Waals surface area contributed by atoms with Crippen molar-refractivity contribution in [1.82, 2.24) is 30.1 Å². The van der Waals surface area contributed by atoms with E-state index in [9.17, 15) is 9.59 Å². The second kappa shape index (κ2) is 6.03. The van der Waals surface area contributed by atoms with E-state index in [2.05, 4.69) is 20.7 Å². The molecular formula is C14H16N6O3. The van der Waals surface area contributed by atoms with Gasteiger partial charge >= 0.3 is 0 Å². The first-order valence-corrected chi connectivity index (χ1v) is 7.20. The lowest BCUT2D eigenvalue weighted by Crippen LogP contribution is -2.34. The van der Waals surface area contributed by atoms with Gasteiger partial charge in [0.05, 0.1) is 18.5 Å². The average molecular weight is 316 g/mol. The third-order valence-corrected chi connectivity index (χ3v) is 3.42. The SMILES string of the molecule is CCn1nc(C)c2nnn(CC(=O)NCc3ccco3)c(=O)c21. The van der Waals surface area contributed by atoms with Gasteiger partial charge < -0.3 is 9.73 Å². The minimum Gasteiger partial charge on any atom is -0.467 e. The van der Waals surface area contributed by atoms with E-state index in [4.69, 9.17) is 4.42 Å². The van der Waals surface area contributed by atoms with Crippen molar-refractivity contribution in [1.29, 1.82) is 0 Å². The lowest BCUT2D eigenvalue weighted by atomic mass is 10.4. The van der Waals surface area contributed by atoms with Crippen molar-refractivity contribution >= 4 is 16.9 Å². The molecule has 0 atom stereocenters. The normalized spacial score (nSPS) is 11.0. The molecule has 0 saturated heterocycles. The monoisotopic (exact) mass is 316 g/mol. The molecule has 0 aliphatic heterocycles. The molecule has 1 N–H and O–H groups in total. The average Bonchev–Trinajstić information content (AvgIpc) is 3.16. The molecule has 0 aromatic carbocycles. The van der Waals surface area contributed by atoms with Crippen molar-refractivity contribution in [2.45, 2.75) is 33.5 Å². The van der Waals surface area contributed by atoms with Gasteiger partial charge in [0, 0.05) is 6.54 Å². The highest BCUT2D eigenvalue weighted by Crippen LogP contribution is 2.10. The Hall–Kier alpha value is -2.97. The minimum absolute atomic E-state index is 0.212. The minimum atomic E-state index is -0.384. The molecule has 9 heteroatoms. The lowest BCUT2D eigenvalue weighted by molar-refractivity contribution is -0.122. The van der Waals surface area contributed by atoms with Gasteiger partial charge in [-0.05, 0) is 26.0 Å². The van der Waals surface area contributed by atoms with E-state index in [0.717, 1.165) is 4.68 Å². The van der Waals surface area contributed by atoms with Crippen LogP contribution in [0.25, 0.3) is 11.0 Å². The summed E-state index contributed by atoms with van der Waals surface area (Å²) in [5, 5.41) is 14.7. The standard InChI is InChI=1S/C14H16N6O3/c1-3-19-13-12(9(2)17-19)16-18-20(14(13)22)8-11(21)15-7-10-5-4-6-23-10/h4-6H,3,7-8H2,1-2H3,(H,15,21). The van der Waals surface area contributed by atoms with Gasteiger partial charge in [-0.15, -0.1) is 5.10 Å². The summed E-state index contributed by atoms with van der Waals surface area (Å²) in [6, 6.07) is 3.49. The van der Waals surface area contributed by atoms with E-state index in [1.807, 2.05) is 6.92 Å². The highest BCUT2D eigenvalue weighted by Gasteiger charge is 2.16. The van der Waals surface area contributed by atoms with Crippen LogP contribution in [0.1, 0.15) is 18.4 Å². The Morgan fingerprint density at radius 2 is 2.22 bits per heavy atom. The van der Waals surface area contributed by atoms with Crippen LogP contribution >= 0.6 is 0 Å². The molecule has 3 aromatic rings. The van der Waals surface area contributed by atoms with Gasteiger partial charge in [0.25, 0.3) is 5.56 Å². The van der Waals surface area contributed by atoms with Crippen LogP contribution in [0.2, 0.25) is 0 Å². The molecular weight excluding hydrogens is 300 g/mol. The van der Waals surface area contributed by atoms with Crippen molar-refractivity contribution in [3.8, 4) is 0 Å². The predicted molar refractivity (Wildman–Crippen MR) is 80.5 cm³/mol. The van der Waals surface area contributed by atoms with Crippen LogP contribution in [-0.4, -0.2) is 30.7 Å². The summed E-state index contributed by atoms with van der Waals surface area (Å²) in [7, 11) is 0. The van der Waals surface area contributed by atoms with Gasteiger partial charge in [0.1, 0.15) is 17.8 Å². The molecule has 0 unspecified atom stereocenters. The fraction of sp³-hybridized carbons (Fsp3) is 0.357. The molecule has 0 bridgehead atoms. The zero-order chi connectivity index (χ0) is 16.4. The molecule has 3 heterocycles. The van der Waals surface area contributed by atoms with E-state index in [1.54, 1.807) is 23.7 Å². The number of fused-ring (bicyclic) bond motifs is 1. The predicted octanol–water partition coefficient (Wildman–Crippen LogP) is 0.226. The van der Waals surface area contributed by atoms with Gasteiger partial charge in [0.2, 0.25) is 5.91 Å². The number of amides is 1. The van der Waals surface area contributed by atoms with Crippen molar-refractivity contribution in [3.05, 3.63) is 40.2 Å². The molecule has 1 amide bonds. The summed E-state index contributed by atoms with van der Waals surface area (Å²) in [6.45, 7) is 4.23. The van der Waals surface area contributed by atoms with Crippen LogP contribution in [0.15, 0.2) is 27.6 Å². The molecule has 0 radical (unpaired) electrons. The fourth-order valence-corrected chi connectivity index (χ4v) is 2.29. The van der Waals surface area contributed by atoms with Crippen molar-refractivity contribution < 1.29 is 9.21 Å².